The van der Waals surface area contributed by atoms with Crippen molar-refractivity contribution in [2.75, 3.05) is 4.90 Å². The molecule has 34 heavy (non-hydrogen) atoms. The Kier molecular flexibility index (Phi) is 6.24. The number of nitrogens with zero attached hydrogens (tertiary/aromatic N) is 2. The summed E-state index contributed by atoms with van der Waals surface area (Å²) >= 11 is 0. The number of barbiturate groups is 1. The summed E-state index contributed by atoms with van der Waals surface area (Å²) in [6.07, 6.45) is 2.56. The lowest BCUT2D eigenvalue weighted by molar-refractivity contribution is -0.122. The number of rotatable bonds is 5. The van der Waals surface area contributed by atoms with Gasteiger partial charge in [-0.3, -0.25) is 14.9 Å². The molecule has 0 unspecified atom stereocenters. The van der Waals surface area contributed by atoms with Crippen LogP contribution in [0.5, 0.6) is 0 Å². The number of carbonyl (C=O) groups excluding carboxylic acids is 3. The van der Waals surface area contributed by atoms with Crippen LogP contribution in [0, 0.1) is 20.8 Å². The number of hydrogen-bond donors (Lipinski definition) is 1. The van der Waals surface area contributed by atoms with Gasteiger partial charge in [-0.05, 0) is 80.1 Å². The van der Waals surface area contributed by atoms with Gasteiger partial charge in [0.2, 0.25) is 0 Å². The van der Waals surface area contributed by atoms with Crippen LogP contribution in [0.4, 0.5) is 10.5 Å². The Morgan fingerprint density at radius 2 is 1.65 bits per heavy atom. The van der Waals surface area contributed by atoms with Gasteiger partial charge >= 0.3 is 6.03 Å². The standard InChI is InChI=1S/C28H29N3O3/c1-6-17(2)21-11-13-23(14-12-21)31-27(33)24(26(32)29-28(31)34)16-22-15-19(4)30(20(22)5)25-10-8-7-9-18(25)3/h7-17H,6H2,1-5H3,(H,29,32,34)/b24-16+/t17-/m1/s1. The Balaban J connectivity index is 1.72. The highest BCUT2D eigenvalue weighted by atomic mass is 16.2. The Labute approximate surface area is 199 Å². The highest BCUT2D eigenvalue weighted by molar-refractivity contribution is 6.39. The van der Waals surface area contributed by atoms with Gasteiger partial charge in [0.1, 0.15) is 5.57 Å². The summed E-state index contributed by atoms with van der Waals surface area (Å²) < 4.78 is 2.10. The van der Waals surface area contributed by atoms with Crippen LogP contribution in [0.2, 0.25) is 0 Å². The molecule has 0 spiro atoms. The molecule has 0 radical (unpaired) electrons. The topological polar surface area (TPSA) is 71.4 Å². The van der Waals surface area contributed by atoms with E-state index in [1.807, 2.05) is 63.2 Å². The van der Waals surface area contributed by atoms with E-state index in [0.717, 1.165) is 45.1 Å². The minimum Gasteiger partial charge on any atom is -0.318 e. The number of imide groups is 2. The molecule has 4 rings (SSSR count). The van der Waals surface area contributed by atoms with E-state index in [0.29, 0.717) is 11.6 Å². The van der Waals surface area contributed by atoms with Gasteiger partial charge in [-0.2, -0.15) is 0 Å². The van der Waals surface area contributed by atoms with Crippen molar-refractivity contribution in [2.24, 2.45) is 0 Å². The Morgan fingerprint density at radius 1 is 0.971 bits per heavy atom. The molecule has 1 atom stereocenters. The largest absolute Gasteiger partial charge is 0.335 e. The maximum Gasteiger partial charge on any atom is 0.335 e. The molecule has 1 saturated heterocycles. The Bertz CT molecular complexity index is 1320. The average molecular weight is 456 g/mol. The van der Waals surface area contributed by atoms with Crippen molar-refractivity contribution >= 4 is 29.6 Å². The molecule has 6 heteroatoms. The average Bonchev–Trinajstić information content (AvgIpc) is 3.09. The Morgan fingerprint density at radius 3 is 2.29 bits per heavy atom. The number of amides is 4. The number of carbonyl (C=O) groups is 3. The van der Waals surface area contributed by atoms with Gasteiger partial charge < -0.3 is 4.57 Å². The lowest BCUT2D eigenvalue weighted by Gasteiger charge is -2.26. The van der Waals surface area contributed by atoms with Crippen molar-refractivity contribution in [3.8, 4) is 5.69 Å². The lowest BCUT2D eigenvalue weighted by atomic mass is 9.98. The lowest BCUT2D eigenvalue weighted by Crippen LogP contribution is -2.54. The predicted octanol–water partition coefficient (Wildman–Crippen LogP) is 5.58. The van der Waals surface area contributed by atoms with Gasteiger partial charge in [0.05, 0.1) is 5.69 Å². The van der Waals surface area contributed by atoms with Crippen LogP contribution in [0.3, 0.4) is 0 Å². The molecule has 4 amide bonds. The quantitative estimate of drug-likeness (QED) is 0.403. The number of benzene rings is 2. The number of aromatic nitrogens is 1. The molecule has 174 valence electrons. The van der Waals surface area contributed by atoms with Crippen molar-refractivity contribution < 1.29 is 14.4 Å². The number of aryl methyl sites for hydroxylation is 2. The highest BCUT2D eigenvalue weighted by Crippen LogP contribution is 2.28. The van der Waals surface area contributed by atoms with Crippen LogP contribution in [0.15, 0.2) is 60.2 Å². The van der Waals surface area contributed by atoms with Gasteiger partial charge in [-0.25, -0.2) is 9.69 Å². The van der Waals surface area contributed by atoms with E-state index in [4.69, 9.17) is 0 Å². The zero-order chi connectivity index (χ0) is 24.6. The third-order valence-corrected chi connectivity index (χ3v) is 6.56. The van der Waals surface area contributed by atoms with E-state index >= 15 is 0 Å². The fraction of sp³-hybridized carbons (Fsp3) is 0.250. The third kappa shape index (κ3) is 4.07. The number of hydrogen-bond acceptors (Lipinski definition) is 3. The fourth-order valence-electron chi connectivity index (χ4n) is 4.35. The van der Waals surface area contributed by atoms with E-state index < -0.39 is 17.8 Å². The maximum atomic E-state index is 13.3. The van der Waals surface area contributed by atoms with Gasteiger partial charge in [0, 0.05) is 17.1 Å². The van der Waals surface area contributed by atoms with Gasteiger partial charge in [-0.15, -0.1) is 0 Å². The van der Waals surface area contributed by atoms with Crippen molar-refractivity contribution in [2.45, 2.75) is 47.0 Å². The van der Waals surface area contributed by atoms with Crippen molar-refractivity contribution in [3.63, 3.8) is 0 Å². The Hall–Kier alpha value is -3.93. The molecule has 1 N–H and O–H groups in total. The second-order valence-electron chi connectivity index (χ2n) is 8.81. The van der Waals surface area contributed by atoms with Crippen molar-refractivity contribution in [3.05, 3.63) is 88.2 Å². The first-order chi connectivity index (χ1) is 16.2. The molecular formula is C28H29N3O3. The molecular weight excluding hydrogens is 426 g/mol. The molecule has 0 saturated carbocycles. The van der Waals surface area contributed by atoms with E-state index in [-0.39, 0.29) is 5.57 Å². The second kappa shape index (κ2) is 9.14. The molecule has 1 aromatic heterocycles. The minimum absolute atomic E-state index is 0.0735. The molecule has 2 aromatic carbocycles. The maximum absolute atomic E-state index is 13.3. The number of nitrogens with one attached hydrogen (secondary N) is 1. The van der Waals surface area contributed by atoms with E-state index in [1.165, 1.54) is 0 Å². The van der Waals surface area contributed by atoms with Crippen molar-refractivity contribution in [1.82, 2.24) is 9.88 Å². The SMILES string of the molecule is CC[C@@H](C)c1ccc(N2C(=O)NC(=O)/C(=C\c3cc(C)n(-c4ccccc4C)c3C)C2=O)cc1. The normalized spacial score (nSPS) is 16.2. The molecule has 0 bridgehead atoms. The summed E-state index contributed by atoms with van der Waals surface area (Å²) in [5.74, 6) is -0.950. The molecule has 1 aliphatic heterocycles. The minimum atomic E-state index is -0.742. The smallest absolute Gasteiger partial charge is 0.318 e. The summed E-state index contributed by atoms with van der Waals surface area (Å²) in [7, 11) is 0. The zero-order valence-electron chi connectivity index (χ0n) is 20.2. The first-order valence-electron chi connectivity index (χ1n) is 11.5. The number of para-hydroxylation sites is 1. The molecule has 6 nitrogen and oxygen atoms in total. The predicted molar refractivity (Wildman–Crippen MR) is 134 cm³/mol. The van der Waals surface area contributed by atoms with Gasteiger partial charge in [-0.1, -0.05) is 44.2 Å². The van der Waals surface area contributed by atoms with E-state index in [2.05, 4.69) is 23.7 Å². The zero-order valence-corrected chi connectivity index (χ0v) is 20.2. The van der Waals surface area contributed by atoms with E-state index in [1.54, 1.807) is 18.2 Å². The highest BCUT2D eigenvalue weighted by Gasteiger charge is 2.37. The summed E-state index contributed by atoms with van der Waals surface area (Å²) in [5.41, 5.74) is 6.28. The monoisotopic (exact) mass is 455 g/mol. The molecule has 1 fully saturated rings. The van der Waals surface area contributed by atoms with Gasteiger partial charge in [0.25, 0.3) is 11.8 Å². The van der Waals surface area contributed by atoms with Gasteiger partial charge in [0.15, 0.2) is 0 Å². The summed E-state index contributed by atoms with van der Waals surface area (Å²) in [6.45, 7) is 10.2. The van der Waals surface area contributed by atoms with Crippen molar-refractivity contribution in [1.29, 1.82) is 0 Å². The molecule has 1 aliphatic rings. The molecule has 2 heterocycles. The van der Waals surface area contributed by atoms with E-state index in [9.17, 15) is 14.4 Å². The van der Waals surface area contributed by atoms with Crippen LogP contribution < -0.4 is 10.2 Å². The third-order valence-electron chi connectivity index (χ3n) is 6.56. The van der Waals surface area contributed by atoms with Crippen LogP contribution in [0.1, 0.15) is 54.3 Å². The number of urea groups is 1. The number of anilines is 1. The van der Waals surface area contributed by atoms with Crippen LogP contribution in [0.25, 0.3) is 11.8 Å². The summed E-state index contributed by atoms with van der Waals surface area (Å²) in [6, 6.07) is 16.6. The first kappa shape index (κ1) is 23.2. The first-order valence-corrected chi connectivity index (χ1v) is 11.5. The molecule has 0 aliphatic carbocycles. The summed E-state index contributed by atoms with van der Waals surface area (Å²) in [4.78, 5) is 39.6. The van der Waals surface area contributed by atoms with Crippen LogP contribution >= 0.6 is 0 Å². The second-order valence-corrected chi connectivity index (χ2v) is 8.81. The van der Waals surface area contributed by atoms with Crippen LogP contribution in [-0.2, 0) is 9.59 Å². The molecule has 3 aromatic rings. The summed E-state index contributed by atoms with van der Waals surface area (Å²) in [5, 5.41) is 2.31. The van der Waals surface area contributed by atoms with Crippen LogP contribution in [-0.4, -0.2) is 22.4 Å². The fourth-order valence-corrected chi connectivity index (χ4v) is 4.35.